The summed E-state index contributed by atoms with van der Waals surface area (Å²) in [6.45, 7) is 2.70. The second-order valence-corrected chi connectivity index (χ2v) is 5.40. The molecule has 2 N–H and O–H groups in total. The minimum absolute atomic E-state index is 0.107. The Bertz CT molecular complexity index is 336. The number of hydrogen-bond donors (Lipinski definition) is 1. The molecule has 2 atom stereocenters. The van der Waals surface area contributed by atoms with Crippen molar-refractivity contribution in [2.45, 2.75) is 31.1 Å². The first-order chi connectivity index (χ1) is 7.83. The van der Waals surface area contributed by atoms with Crippen molar-refractivity contribution in [3.05, 3.63) is 29.8 Å². The summed E-state index contributed by atoms with van der Waals surface area (Å²) in [7, 11) is 0. The van der Waals surface area contributed by atoms with Crippen LogP contribution in [0.4, 0.5) is 0 Å². The minimum atomic E-state index is 0.107. The first-order valence-corrected chi connectivity index (χ1v) is 6.96. The summed E-state index contributed by atoms with van der Waals surface area (Å²) in [6.07, 6.45) is 2.52. The predicted octanol–water partition coefficient (Wildman–Crippen LogP) is 2.98. The van der Waals surface area contributed by atoms with Gasteiger partial charge in [-0.3, -0.25) is 0 Å². The Morgan fingerprint density at radius 2 is 2.31 bits per heavy atom. The second-order valence-electron chi connectivity index (χ2n) is 4.05. The summed E-state index contributed by atoms with van der Waals surface area (Å²) in [5.74, 6) is 2.19. The van der Waals surface area contributed by atoms with Gasteiger partial charge in [-0.1, -0.05) is 18.2 Å². The summed E-state index contributed by atoms with van der Waals surface area (Å²) in [5.41, 5.74) is 7.49. The van der Waals surface area contributed by atoms with Gasteiger partial charge in [0.2, 0.25) is 0 Å². The molecule has 0 aromatic heterocycles. The third kappa shape index (κ3) is 2.53. The molecule has 0 radical (unpaired) electrons. The van der Waals surface area contributed by atoms with E-state index in [9.17, 15) is 0 Å². The van der Waals surface area contributed by atoms with Crippen molar-refractivity contribution in [2.75, 3.05) is 12.4 Å². The van der Waals surface area contributed by atoms with Crippen LogP contribution < -0.4 is 10.5 Å². The van der Waals surface area contributed by atoms with E-state index >= 15 is 0 Å². The maximum absolute atomic E-state index is 6.33. The highest BCUT2D eigenvalue weighted by molar-refractivity contribution is 8.00. The third-order valence-corrected chi connectivity index (χ3v) is 4.42. The molecule has 1 saturated heterocycles. The average Bonchev–Trinajstić information content (AvgIpc) is 2.83. The van der Waals surface area contributed by atoms with Crippen molar-refractivity contribution in [3.8, 4) is 5.75 Å². The van der Waals surface area contributed by atoms with Gasteiger partial charge in [-0.2, -0.15) is 11.8 Å². The molecule has 16 heavy (non-hydrogen) atoms. The lowest BCUT2D eigenvalue weighted by Crippen LogP contribution is -2.22. The summed E-state index contributed by atoms with van der Waals surface area (Å²) >= 11 is 1.99. The van der Waals surface area contributed by atoms with Gasteiger partial charge in [0.15, 0.2) is 0 Å². The molecule has 1 aromatic carbocycles. The van der Waals surface area contributed by atoms with Gasteiger partial charge in [0.05, 0.1) is 6.61 Å². The summed E-state index contributed by atoms with van der Waals surface area (Å²) in [5, 5.41) is 0.557. The van der Waals surface area contributed by atoms with Crippen LogP contribution in [0.3, 0.4) is 0 Å². The topological polar surface area (TPSA) is 35.2 Å². The van der Waals surface area contributed by atoms with Crippen molar-refractivity contribution in [1.29, 1.82) is 0 Å². The molecule has 88 valence electrons. The summed E-state index contributed by atoms with van der Waals surface area (Å²) in [6, 6.07) is 8.25. The molecule has 1 aliphatic heterocycles. The zero-order valence-electron chi connectivity index (χ0n) is 9.69. The summed E-state index contributed by atoms with van der Waals surface area (Å²) < 4.78 is 5.63. The van der Waals surface area contributed by atoms with E-state index in [1.54, 1.807) is 0 Å². The van der Waals surface area contributed by atoms with Gasteiger partial charge in [0.1, 0.15) is 5.75 Å². The molecule has 0 aliphatic carbocycles. The molecule has 3 heteroatoms. The standard InChI is InChI=1S/C13H19NOS/c1-2-15-11-7-4-3-6-10(11)13(14)12-8-5-9-16-12/h3-4,6-7,12-13H,2,5,8-9,14H2,1H3. The number of ether oxygens (including phenoxy) is 1. The van der Waals surface area contributed by atoms with Crippen LogP contribution in [-0.4, -0.2) is 17.6 Å². The number of rotatable bonds is 4. The van der Waals surface area contributed by atoms with E-state index in [-0.39, 0.29) is 6.04 Å². The molecular weight excluding hydrogens is 218 g/mol. The van der Waals surface area contributed by atoms with Gasteiger partial charge >= 0.3 is 0 Å². The van der Waals surface area contributed by atoms with E-state index in [1.165, 1.54) is 18.6 Å². The van der Waals surface area contributed by atoms with Gasteiger partial charge in [0, 0.05) is 16.9 Å². The molecule has 0 amide bonds. The Balaban J connectivity index is 2.17. The third-order valence-electron chi connectivity index (χ3n) is 2.94. The van der Waals surface area contributed by atoms with E-state index in [1.807, 2.05) is 36.9 Å². The Morgan fingerprint density at radius 3 is 3.00 bits per heavy atom. The van der Waals surface area contributed by atoms with E-state index in [0.717, 1.165) is 11.3 Å². The molecule has 2 unspecified atom stereocenters. The fourth-order valence-corrected chi connectivity index (χ4v) is 3.45. The Morgan fingerprint density at radius 1 is 1.50 bits per heavy atom. The maximum Gasteiger partial charge on any atom is 0.124 e. The minimum Gasteiger partial charge on any atom is -0.494 e. The zero-order valence-corrected chi connectivity index (χ0v) is 10.5. The van der Waals surface area contributed by atoms with Crippen LogP contribution in [0.25, 0.3) is 0 Å². The SMILES string of the molecule is CCOc1ccccc1C(N)C1CCCS1. The predicted molar refractivity (Wildman–Crippen MR) is 70.0 cm³/mol. The Labute approximate surface area is 102 Å². The van der Waals surface area contributed by atoms with Crippen LogP contribution in [0.5, 0.6) is 5.75 Å². The lowest BCUT2D eigenvalue weighted by Gasteiger charge is -2.21. The lowest BCUT2D eigenvalue weighted by molar-refractivity contribution is 0.333. The van der Waals surface area contributed by atoms with Crippen LogP contribution in [0.2, 0.25) is 0 Å². The molecule has 1 fully saturated rings. The number of thioether (sulfide) groups is 1. The van der Waals surface area contributed by atoms with Crippen molar-refractivity contribution in [2.24, 2.45) is 5.73 Å². The average molecular weight is 237 g/mol. The first-order valence-electron chi connectivity index (χ1n) is 5.92. The van der Waals surface area contributed by atoms with Crippen LogP contribution in [0.15, 0.2) is 24.3 Å². The van der Waals surface area contributed by atoms with Crippen LogP contribution >= 0.6 is 11.8 Å². The van der Waals surface area contributed by atoms with Gasteiger partial charge in [-0.15, -0.1) is 0 Å². The molecule has 1 heterocycles. The molecular formula is C13H19NOS. The van der Waals surface area contributed by atoms with E-state index in [2.05, 4.69) is 6.07 Å². The van der Waals surface area contributed by atoms with E-state index in [4.69, 9.17) is 10.5 Å². The number of hydrogen-bond acceptors (Lipinski definition) is 3. The zero-order chi connectivity index (χ0) is 11.4. The first kappa shape index (κ1) is 11.8. The van der Waals surface area contributed by atoms with Gasteiger partial charge in [-0.05, 0) is 31.6 Å². The smallest absolute Gasteiger partial charge is 0.124 e. The molecule has 0 saturated carbocycles. The van der Waals surface area contributed by atoms with Crippen molar-refractivity contribution < 1.29 is 4.74 Å². The molecule has 0 bridgehead atoms. The fraction of sp³-hybridized carbons (Fsp3) is 0.538. The quantitative estimate of drug-likeness (QED) is 0.874. The van der Waals surface area contributed by atoms with Gasteiger partial charge in [-0.25, -0.2) is 0 Å². The lowest BCUT2D eigenvalue weighted by atomic mass is 10.0. The van der Waals surface area contributed by atoms with Crippen LogP contribution in [0, 0.1) is 0 Å². The Kier molecular flexibility index (Phi) is 4.13. The van der Waals surface area contributed by atoms with E-state index < -0.39 is 0 Å². The number of para-hydroxylation sites is 1. The van der Waals surface area contributed by atoms with Gasteiger partial charge in [0.25, 0.3) is 0 Å². The largest absolute Gasteiger partial charge is 0.494 e. The maximum atomic E-state index is 6.33. The fourth-order valence-electron chi connectivity index (χ4n) is 2.13. The molecule has 0 spiro atoms. The highest BCUT2D eigenvalue weighted by Gasteiger charge is 2.25. The van der Waals surface area contributed by atoms with E-state index in [0.29, 0.717) is 11.9 Å². The monoisotopic (exact) mass is 237 g/mol. The van der Waals surface area contributed by atoms with Gasteiger partial charge < -0.3 is 10.5 Å². The highest BCUT2D eigenvalue weighted by atomic mass is 32.2. The van der Waals surface area contributed by atoms with Crippen molar-refractivity contribution in [3.63, 3.8) is 0 Å². The molecule has 1 aliphatic rings. The summed E-state index contributed by atoms with van der Waals surface area (Å²) in [4.78, 5) is 0. The molecule has 1 aromatic rings. The van der Waals surface area contributed by atoms with Crippen molar-refractivity contribution in [1.82, 2.24) is 0 Å². The Hall–Kier alpha value is -0.670. The van der Waals surface area contributed by atoms with Crippen LogP contribution in [-0.2, 0) is 0 Å². The molecule has 2 nitrogen and oxygen atoms in total. The molecule has 2 rings (SSSR count). The highest BCUT2D eigenvalue weighted by Crippen LogP contribution is 2.37. The van der Waals surface area contributed by atoms with Crippen LogP contribution in [0.1, 0.15) is 31.4 Å². The number of nitrogens with two attached hydrogens (primary N) is 1. The normalized spacial score (nSPS) is 22.0. The second kappa shape index (κ2) is 5.60. The number of benzene rings is 1. The van der Waals surface area contributed by atoms with Crippen molar-refractivity contribution >= 4 is 11.8 Å².